The minimum atomic E-state index is -0.602. The number of carbonyl (C=O) groups excluding carboxylic acids is 1. The SMILES string of the molecule is CCn1cc(O[C@H](C)C(=O)OC)cn1. The Hall–Kier alpha value is -1.52. The number of hydrogen-bond donors (Lipinski definition) is 0. The van der Waals surface area contributed by atoms with E-state index in [-0.39, 0.29) is 0 Å². The van der Waals surface area contributed by atoms with E-state index in [2.05, 4.69) is 9.84 Å². The van der Waals surface area contributed by atoms with Gasteiger partial charge in [0.25, 0.3) is 0 Å². The number of ether oxygens (including phenoxy) is 2. The first-order valence-electron chi connectivity index (χ1n) is 4.44. The second kappa shape index (κ2) is 4.64. The molecule has 0 bridgehead atoms. The van der Waals surface area contributed by atoms with Crippen molar-refractivity contribution in [2.45, 2.75) is 26.5 Å². The Kier molecular flexibility index (Phi) is 3.50. The molecule has 5 nitrogen and oxygen atoms in total. The molecule has 1 atom stereocenters. The molecule has 0 N–H and O–H groups in total. The second-order valence-electron chi connectivity index (χ2n) is 2.81. The summed E-state index contributed by atoms with van der Waals surface area (Å²) in [6.45, 7) is 4.38. The van der Waals surface area contributed by atoms with Gasteiger partial charge in [0.2, 0.25) is 0 Å². The van der Waals surface area contributed by atoms with E-state index >= 15 is 0 Å². The summed E-state index contributed by atoms with van der Waals surface area (Å²) in [4.78, 5) is 11.0. The van der Waals surface area contributed by atoms with E-state index in [1.807, 2.05) is 6.92 Å². The van der Waals surface area contributed by atoms with Gasteiger partial charge in [-0.05, 0) is 13.8 Å². The molecule has 1 rings (SSSR count). The van der Waals surface area contributed by atoms with Crippen LogP contribution in [-0.4, -0.2) is 29.0 Å². The predicted octanol–water partition coefficient (Wildman–Crippen LogP) is 0.843. The van der Waals surface area contributed by atoms with Crippen molar-refractivity contribution in [3.63, 3.8) is 0 Å². The standard InChI is InChI=1S/C9H14N2O3/c1-4-11-6-8(5-10-11)14-7(2)9(12)13-3/h5-7H,4H2,1-3H3/t7-/m1/s1. The molecular weight excluding hydrogens is 184 g/mol. The van der Waals surface area contributed by atoms with Crippen molar-refractivity contribution in [2.75, 3.05) is 7.11 Å². The van der Waals surface area contributed by atoms with Crippen LogP contribution in [0.3, 0.4) is 0 Å². The quantitative estimate of drug-likeness (QED) is 0.673. The third-order valence-electron chi connectivity index (χ3n) is 1.78. The molecule has 0 saturated carbocycles. The minimum absolute atomic E-state index is 0.394. The Morgan fingerprint density at radius 2 is 2.43 bits per heavy atom. The first kappa shape index (κ1) is 10.6. The first-order valence-corrected chi connectivity index (χ1v) is 4.44. The number of nitrogens with zero attached hydrogens (tertiary/aromatic N) is 2. The molecule has 0 spiro atoms. The normalized spacial score (nSPS) is 12.2. The fraction of sp³-hybridized carbons (Fsp3) is 0.556. The van der Waals surface area contributed by atoms with E-state index in [9.17, 15) is 4.79 Å². The highest BCUT2D eigenvalue weighted by molar-refractivity contribution is 5.74. The summed E-state index contributed by atoms with van der Waals surface area (Å²) >= 11 is 0. The van der Waals surface area contributed by atoms with Gasteiger partial charge in [-0.25, -0.2) is 4.79 Å². The first-order chi connectivity index (χ1) is 6.67. The van der Waals surface area contributed by atoms with Crippen LogP contribution in [0.15, 0.2) is 12.4 Å². The van der Waals surface area contributed by atoms with Gasteiger partial charge in [0.1, 0.15) is 0 Å². The molecule has 14 heavy (non-hydrogen) atoms. The van der Waals surface area contributed by atoms with Crippen LogP contribution >= 0.6 is 0 Å². The lowest BCUT2D eigenvalue weighted by atomic mass is 10.4. The lowest BCUT2D eigenvalue weighted by Crippen LogP contribution is -2.24. The van der Waals surface area contributed by atoms with Crippen molar-refractivity contribution in [3.05, 3.63) is 12.4 Å². The number of rotatable bonds is 4. The molecule has 0 unspecified atom stereocenters. The molecule has 78 valence electrons. The molecule has 5 heteroatoms. The molecular formula is C9H14N2O3. The van der Waals surface area contributed by atoms with Crippen molar-refractivity contribution in [2.24, 2.45) is 0 Å². The summed E-state index contributed by atoms with van der Waals surface area (Å²) in [6, 6.07) is 0. The van der Waals surface area contributed by atoms with Gasteiger partial charge in [-0.3, -0.25) is 4.68 Å². The van der Waals surface area contributed by atoms with E-state index in [0.717, 1.165) is 6.54 Å². The fourth-order valence-electron chi connectivity index (χ4n) is 0.997. The van der Waals surface area contributed by atoms with Crippen molar-refractivity contribution in [1.29, 1.82) is 0 Å². The average Bonchev–Trinajstić information content (AvgIpc) is 2.64. The Balaban J connectivity index is 2.55. The van der Waals surface area contributed by atoms with Crippen LogP contribution in [-0.2, 0) is 16.1 Å². The fourth-order valence-corrected chi connectivity index (χ4v) is 0.997. The molecule has 0 saturated heterocycles. The van der Waals surface area contributed by atoms with Gasteiger partial charge in [-0.15, -0.1) is 0 Å². The minimum Gasteiger partial charge on any atom is -0.476 e. The summed E-state index contributed by atoms with van der Waals surface area (Å²) in [6.07, 6.45) is 2.71. The maximum atomic E-state index is 11.0. The van der Waals surface area contributed by atoms with Crippen molar-refractivity contribution >= 4 is 5.97 Å². The van der Waals surface area contributed by atoms with Crippen LogP contribution in [0, 0.1) is 0 Å². The number of methoxy groups -OCH3 is 1. The third-order valence-corrected chi connectivity index (χ3v) is 1.78. The molecule has 0 aliphatic rings. The van der Waals surface area contributed by atoms with Crippen molar-refractivity contribution in [3.8, 4) is 5.75 Å². The predicted molar refractivity (Wildman–Crippen MR) is 50.0 cm³/mol. The summed E-state index contributed by atoms with van der Waals surface area (Å²) < 4.78 is 11.5. The monoisotopic (exact) mass is 198 g/mol. The molecule has 0 aliphatic heterocycles. The van der Waals surface area contributed by atoms with Crippen molar-refractivity contribution in [1.82, 2.24) is 9.78 Å². The van der Waals surface area contributed by atoms with Gasteiger partial charge in [-0.2, -0.15) is 5.10 Å². The third kappa shape index (κ3) is 2.48. The van der Waals surface area contributed by atoms with Crippen LogP contribution in [0.25, 0.3) is 0 Å². The number of carbonyl (C=O) groups is 1. The van der Waals surface area contributed by atoms with Gasteiger partial charge in [0, 0.05) is 6.54 Å². The number of hydrogen-bond acceptors (Lipinski definition) is 4. The van der Waals surface area contributed by atoms with Gasteiger partial charge in [-0.1, -0.05) is 0 Å². The van der Waals surface area contributed by atoms with Gasteiger partial charge < -0.3 is 9.47 Å². The van der Waals surface area contributed by atoms with E-state index in [1.54, 1.807) is 24.0 Å². The average molecular weight is 198 g/mol. The zero-order valence-corrected chi connectivity index (χ0v) is 8.56. The molecule has 1 aromatic rings. The summed E-state index contributed by atoms with van der Waals surface area (Å²) in [5, 5.41) is 4.01. The van der Waals surface area contributed by atoms with E-state index in [0.29, 0.717) is 5.75 Å². The molecule has 0 radical (unpaired) electrons. The highest BCUT2D eigenvalue weighted by Gasteiger charge is 2.15. The lowest BCUT2D eigenvalue weighted by molar-refractivity contribution is -0.147. The summed E-state index contributed by atoms with van der Waals surface area (Å²) in [5.74, 6) is 0.180. The molecule has 0 aromatic carbocycles. The zero-order chi connectivity index (χ0) is 10.6. The van der Waals surface area contributed by atoms with Crippen LogP contribution in [0.2, 0.25) is 0 Å². The zero-order valence-electron chi connectivity index (χ0n) is 8.56. The molecule has 0 aliphatic carbocycles. The van der Waals surface area contributed by atoms with Gasteiger partial charge in [0.15, 0.2) is 11.9 Å². The Bertz CT molecular complexity index is 309. The van der Waals surface area contributed by atoms with Crippen LogP contribution in [0.4, 0.5) is 0 Å². The van der Waals surface area contributed by atoms with E-state index < -0.39 is 12.1 Å². The summed E-state index contributed by atoms with van der Waals surface area (Å²) in [7, 11) is 1.33. The lowest BCUT2D eigenvalue weighted by Gasteiger charge is -2.09. The topological polar surface area (TPSA) is 53.4 Å². The largest absolute Gasteiger partial charge is 0.476 e. The Morgan fingerprint density at radius 3 is 2.93 bits per heavy atom. The molecule has 0 fully saturated rings. The van der Waals surface area contributed by atoms with Crippen molar-refractivity contribution < 1.29 is 14.3 Å². The van der Waals surface area contributed by atoms with E-state index in [1.165, 1.54) is 7.11 Å². The van der Waals surface area contributed by atoms with Crippen LogP contribution < -0.4 is 4.74 Å². The highest BCUT2D eigenvalue weighted by Crippen LogP contribution is 2.10. The maximum Gasteiger partial charge on any atom is 0.346 e. The van der Waals surface area contributed by atoms with Gasteiger partial charge in [0.05, 0.1) is 19.5 Å². The maximum absolute atomic E-state index is 11.0. The Morgan fingerprint density at radius 1 is 1.71 bits per heavy atom. The molecule has 1 heterocycles. The molecule has 1 aromatic heterocycles. The second-order valence-corrected chi connectivity index (χ2v) is 2.81. The van der Waals surface area contributed by atoms with E-state index in [4.69, 9.17) is 4.74 Å². The van der Waals surface area contributed by atoms with Crippen LogP contribution in [0.1, 0.15) is 13.8 Å². The smallest absolute Gasteiger partial charge is 0.346 e. The molecule has 0 amide bonds. The number of aryl methyl sites for hydroxylation is 1. The highest BCUT2D eigenvalue weighted by atomic mass is 16.6. The Labute approximate surface area is 82.6 Å². The van der Waals surface area contributed by atoms with Crippen LogP contribution in [0.5, 0.6) is 5.75 Å². The van der Waals surface area contributed by atoms with Gasteiger partial charge >= 0.3 is 5.97 Å². The summed E-state index contributed by atoms with van der Waals surface area (Å²) in [5.41, 5.74) is 0. The number of esters is 1. The number of aromatic nitrogens is 2.